The molecule has 0 fully saturated rings. The highest BCUT2D eigenvalue weighted by atomic mass is 35.5. The molecule has 0 amide bonds. The molecular formula is C22H25ClO2Si. The third-order valence-electron chi connectivity index (χ3n) is 4.88. The van der Waals surface area contributed by atoms with Crippen LogP contribution in [0.2, 0.25) is 5.04 Å². The van der Waals surface area contributed by atoms with Crippen LogP contribution < -0.4 is 10.4 Å². The third kappa shape index (κ3) is 3.45. The molecule has 0 aromatic heterocycles. The average molecular weight is 385 g/mol. The van der Waals surface area contributed by atoms with Gasteiger partial charge in [0.2, 0.25) is 0 Å². The van der Waals surface area contributed by atoms with Gasteiger partial charge in [-0.15, -0.1) is 0 Å². The van der Waals surface area contributed by atoms with E-state index >= 15 is 0 Å². The maximum absolute atomic E-state index is 10.6. The van der Waals surface area contributed by atoms with E-state index in [0.717, 1.165) is 0 Å². The molecular weight excluding hydrogens is 360 g/mol. The van der Waals surface area contributed by atoms with E-state index in [2.05, 4.69) is 69.3 Å². The van der Waals surface area contributed by atoms with Gasteiger partial charge in [0.25, 0.3) is 8.32 Å². The van der Waals surface area contributed by atoms with Crippen LogP contribution in [0.25, 0.3) is 0 Å². The van der Waals surface area contributed by atoms with Crippen LogP contribution >= 0.6 is 11.6 Å². The van der Waals surface area contributed by atoms with Crippen molar-refractivity contribution in [1.82, 2.24) is 0 Å². The molecule has 0 aliphatic heterocycles. The minimum atomic E-state index is -2.71. The summed E-state index contributed by atoms with van der Waals surface area (Å²) in [4.78, 5) is 0. The Morgan fingerprint density at radius 1 is 0.923 bits per heavy atom. The van der Waals surface area contributed by atoms with Crippen molar-refractivity contribution in [2.24, 2.45) is 0 Å². The van der Waals surface area contributed by atoms with Crippen LogP contribution in [0, 0.1) is 0 Å². The van der Waals surface area contributed by atoms with E-state index in [4.69, 9.17) is 16.0 Å². The van der Waals surface area contributed by atoms with Crippen LogP contribution in [0.5, 0.6) is 0 Å². The molecule has 2 atom stereocenters. The van der Waals surface area contributed by atoms with E-state index < -0.39 is 20.5 Å². The molecule has 2 aromatic rings. The zero-order valence-corrected chi connectivity index (χ0v) is 17.1. The highest BCUT2D eigenvalue weighted by Gasteiger charge is 2.52. The lowest BCUT2D eigenvalue weighted by atomic mass is 10.1. The topological polar surface area (TPSA) is 29.5 Å². The largest absolute Gasteiger partial charge is 0.398 e. The summed E-state index contributed by atoms with van der Waals surface area (Å²) in [6.45, 7) is 6.65. The van der Waals surface area contributed by atoms with Crippen LogP contribution in [0.3, 0.4) is 0 Å². The summed E-state index contributed by atoms with van der Waals surface area (Å²) < 4.78 is 6.88. The standard InChI is InChI=1S/C22H25ClO2Si/c1-22(2,3)26(17-11-6-4-7-12-17,18-13-8-5-9-14-18)25-20-16-10-15-19(23)21(20)24/h4-16,20-21,24H,1-3H3. The minimum absolute atomic E-state index is 0.142. The highest BCUT2D eigenvalue weighted by Crippen LogP contribution is 2.38. The van der Waals surface area contributed by atoms with Crippen LogP contribution in [0.1, 0.15) is 20.8 Å². The molecule has 2 unspecified atom stereocenters. The number of halogens is 1. The predicted molar refractivity (Wildman–Crippen MR) is 112 cm³/mol. The number of aliphatic hydroxyl groups is 1. The Bertz CT molecular complexity index is 754. The van der Waals surface area contributed by atoms with Crippen molar-refractivity contribution in [3.05, 3.63) is 83.9 Å². The van der Waals surface area contributed by atoms with Gasteiger partial charge in [-0.3, -0.25) is 0 Å². The van der Waals surface area contributed by atoms with Gasteiger partial charge < -0.3 is 9.53 Å². The van der Waals surface area contributed by atoms with Gasteiger partial charge in [0.05, 0.1) is 6.10 Å². The van der Waals surface area contributed by atoms with Crippen molar-refractivity contribution in [2.75, 3.05) is 0 Å². The Labute approximate surface area is 161 Å². The molecule has 2 aromatic carbocycles. The average Bonchev–Trinajstić information content (AvgIpc) is 2.63. The summed E-state index contributed by atoms with van der Waals surface area (Å²) in [5.74, 6) is 0. The molecule has 26 heavy (non-hydrogen) atoms. The fourth-order valence-electron chi connectivity index (χ4n) is 3.62. The molecule has 2 nitrogen and oxygen atoms in total. The Balaban J connectivity index is 2.18. The first-order valence-electron chi connectivity index (χ1n) is 8.87. The van der Waals surface area contributed by atoms with E-state index in [1.54, 1.807) is 6.08 Å². The van der Waals surface area contributed by atoms with Gasteiger partial charge in [-0.25, -0.2) is 0 Å². The van der Waals surface area contributed by atoms with E-state index in [9.17, 15) is 5.11 Å². The van der Waals surface area contributed by atoms with E-state index in [-0.39, 0.29) is 5.04 Å². The highest BCUT2D eigenvalue weighted by molar-refractivity contribution is 6.99. The van der Waals surface area contributed by atoms with E-state index in [1.807, 2.05) is 24.3 Å². The normalized spacial score (nSPS) is 20.7. The number of hydrogen-bond acceptors (Lipinski definition) is 2. The van der Waals surface area contributed by atoms with Crippen LogP contribution in [-0.2, 0) is 4.43 Å². The molecule has 1 N–H and O–H groups in total. The summed E-state index contributed by atoms with van der Waals surface area (Å²) in [5.41, 5.74) is 0. The van der Waals surface area contributed by atoms with Crippen molar-refractivity contribution >= 4 is 30.3 Å². The van der Waals surface area contributed by atoms with Crippen LogP contribution in [0.4, 0.5) is 0 Å². The molecule has 0 saturated heterocycles. The Kier molecular flexibility index (Phi) is 5.54. The smallest absolute Gasteiger partial charge is 0.262 e. The summed E-state index contributed by atoms with van der Waals surface area (Å²) in [5, 5.41) is 13.2. The number of rotatable bonds is 4. The first-order valence-corrected chi connectivity index (χ1v) is 11.2. The molecule has 0 heterocycles. The zero-order valence-electron chi connectivity index (χ0n) is 15.4. The summed E-state index contributed by atoms with van der Waals surface area (Å²) in [6, 6.07) is 20.8. The maximum atomic E-state index is 10.6. The number of benzene rings is 2. The summed E-state index contributed by atoms with van der Waals surface area (Å²) in [6.07, 6.45) is 4.16. The lowest BCUT2D eigenvalue weighted by Crippen LogP contribution is -2.68. The van der Waals surface area contributed by atoms with Gasteiger partial charge in [0.1, 0.15) is 6.10 Å². The molecule has 3 rings (SSSR count). The molecule has 136 valence electrons. The van der Waals surface area contributed by atoms with E-state index in [1.165, 1.54) is 10.4 Å². The molecule has 0 bridgehead atoms. The Morgan fingerprint density at radius 3 is 1.88 bits per heavy atom. The number of allylic oxidation sites excluding steroid dienone is 2. The third-order valence-corrected chi connectivity index (χ3v) is 10.3. The molecule has 0 saturated carbocycles. The fraction of sp³-hybridized carbons (Fsp3) is 0.273. The predicted octanol–water partition coefficient (Wildman–Crippen LogP) is 3.99. The van der Waals surface area contributed by atoms with Gasteiger partial charge in [0, 0.05) is 5.03 Å². The fourth-order valence-corrected chi connectivity index (χ4v) is 8.44. The second kappa shape index (κ2) is 7.53. The van der Waals surface area contributed by atoms with Gasteiger partial charge >= 0.3 is 0 Å². The van der Waals surface area contributed by atoms with Gasteiger partial charge in [0.15, 0.2) is 0 Å². The Hall–Kier alpha value is -1.65. The summed E-state index contributed by atoms with van der Waals surface area (Å²) >= 11 is 6.19. The molecule has 4 heteroatoms. The molecule has 1 aliphatic rings. The quantitative estimate of drug-likeness (QED) is 0.808. The van der Waals surface area contributed by atoms with Crippen molar-refractivity contribution < 1.29 is 9.53 Å². The first-order chi connectivity index (χ1) is 12.4. The Morgan fingerprint density at radius 2 is 1.42 bits per heavy atom. The minimum Gasteiger partial charge on any atom is -0.398 e. The lowest BCUT2D eigenvalue weighted by Gasteiger charge is -2.45. The van der Waals surface area contributed by atoms with Crippen molar-refractivity contribution in [3.63, 3.8) is 0 Å². The van der Waals surface area contributed by atoms with Crippen molar-refractivity contribution in [2.45, 2.75) is 38.0 Å². The van der Waals surface area contributed by atoms with Crippen LogP contribution in [0.15, 0.2) is 83.9 Å². The number of hydrogen-bond donors (Lipinski definition) is 1. The van der Waals surface area contributed by atoms with Crippen molar-refractivity contribution in [1.29, 1.82) is 0 Å². The molecule has 0 spiro atoms. The second-order valence-corrected chi connectivity index (χ2v) is 12.3. The van der Waals surface area contributed by atoms with Gasteiger partial charge in [-0.05, 0) is 21.5 Å². The van der Waals surface area contributed by atoms with Crippen LogP contribution in [-0.4, -0.2) is 25.6 Å². The lowest BCUT2D eigenvalue weighted by molar-refractivity contribution is 0.0860. The monoisotopic (exact) mass is 384 g/mol. The SMILES string of the molecule is CC(C)(C)[Si](OC1C=CC=C(Cl)C1O)(c1ccccc1)c1ccccc1. The van der Waals surface area contributed by atoms with Gasteiger partial charge in [-0.2, -0.15) is 0 Å². The van der Waals surface area contributed by atoms with Gasteiger partial charge in [-0.1, -0.05) is 105 Å². The second-order valence-electron chi connectivity index (χ2n) is 7.63. The maximum Gasteiger partial charge on any atom is 0.262 e. The first kappa shape index (κ1) is 19.1. The molecule has 0 radical (unpaired) electrons. The van der Waals surface area contributed by atoms with Crippen molar-refractivity contribution in [3.8, 4) is 0 Å². The van der Waals surface area contributed by atoms with E-state index in [0.29, 0.717) is 5.03 Å². The zero-order chi connectivity index (χ0) is 18.8. The molecule has 1 aliphatic carbocycles. The summed E-state index contributed by atoms with van der Waals surface area (Å²) in [7, 11) is -2.71. The number of aliphatic hydroxyl groups excluding tert-OH is 1.